The summed E-state index contributed by atoms with van der Waals surface area (Å²) in [7, 11) is 0. The minimum absolute atomic E-state index is 0.196. The predicted octanol–water partition coefficient (Wildman–Crippen LogP) is -0.704. The van der Waals surface area contributed by atoms with Gasteiger partial charge in [-0.05, 0) is 0 Å². The van der Waals surface area contributed by atoms with Crippen molar-refractivity contribution in [2.45, 2.75) is 6.10 Å². The van der Waals surface area contributed by atoms with E-state index in [0.29, 0.717) is 19.7 Å². The van der Waals surface area contributed by atoms with Crippen LogP contribution < -0.4 is 5.32 Å². The number of aliphatic hydroxyl groups is 2. The van der Waals surface area contributed by atoms with E-state index in [0.717, 1.165) is 0 Å². The molecule has 0 spiro atoms. The van der Waals surface area contributed by atoms with Crippen molar-refractivity contribution in [3.63, 3.8) is 0 Å². The van der Waals surface area contributed by atoms with E-state index in [1.165, 1.54) is 0 Å². The molecule has 0 aliphatic heterocycles. The van der Waals surface area contributed by atoms with Gasteiger partial charge in [0, 0.05) is 13.1 Å². The van der Waals surface area contributed by atoms with Gasteiger partial charge in [0.2, 0.25) is 0 Å². The Labute approximate surface area is 74.3 Å². The minimum Gasteiger partial charge on any atom is -0.394 e. The van der Waals surface area contributed by atoms with Gasteiger partial charge >= 0.3 is 0 Å². The van der Waals surface area contributed by atoms with E-state index in [4.69, 9.17) is 13.3 Å². The SMILES string of the molecule is OCC(O)CNCCOI. The van der Waals surface area contributed by atoms with Crippen LogP contribution in [-0.4, -0.2) is 42.6 Å². The van der Waals surface area contributed by atoms with Crippen LogP contribution in [0.1, 0.15) is 0 Å². The Kier molecular flexibility index (Phi) is 8.11. The van der Waals surface area contributed by atoms with E-state index < -0.39 is 6.10 Å². The second kappa shape index (κ2) is 7.67. The Morgan fingerprint density at radius 3 is 2.80 bits per heavy atom. The summed E-state index contributed by atoms with van der Waals surface area (Å²) in [5.74, 6) is 0. The van der Waals surface area contributed by atoms with Gasteiger partial charge in [0.25, 0.3) is 0 Å². The summed E-state index contributed by atoms with van der Waals surface area (Å²) in [6, 6.07) is 0. The summed E-state index contributed by atoms with van der Waals surface area (Å²) in [6.07, 6.45) is -0.658. The maximum absolute atomic E-state index is 8.80. The molecule has 10 heavy (non-hydrogen) atoms. The maximum atomic E-state index is 8.80. The van der Waals surface area contributed by atoms with Crippen LogP contribution in [-0.2, 0) is 3.07 Å². The molecule has 0 amide bonds. The van der Waals surface area contributed by atoms with Gasteiger partial charge in [0.15, 0.2) is 0 Å². The monoisotopic (exact) mass is 261 g/mol. The molecule has 1 atom stereocenters. The first kappa shape index (κ1) is 10.6. The normalized spacial score (nSPS) is 13.5. The molecule has 0 saturated carbocycles. The molecule has 0 rings (SSSR count). The lowest BCUT2D eigenvalue weighted by Crippen LogP contribution is -2.31. The molecule has 0 heterocycles. The molecule has 3 N–H and O–H groups in total. The van der Waals surface area contributed by atoms with Crippen molar-refractivity contribution < 1.29 is 13.3 Å². The Balaban J connectivity index is 2.89. The van der Waals surface area contributed by atoms with Crippen molar-refractivity contribution in [1.29, 1.82) is 0 Å². The van der Waals surface area contributed by atoms with Gasteiger partial charge in [-0.3, -0.25) is 0 Å². The van der Waals surface area contributed by atoms with Crippen LogP contribution in [0.25, 0.3) is 0 Å². The first-order valence-electron chi connectivity index (χ1n) is 3.04. The molecule has 0 saturated heterocycles. The zero-order valence-electron chi connectivity index (χ0n) is 5.59. The third-order valence-corrected chi connectivity index (χ3v) is 1.39. The maximum Gasteiger partial charge on any atom is 0.109 e. The Morgan fingerprint density at radius 2 is 2.30 bits per heavy atom. The summed E-state index contributed by atoms with van der Waals surface area (Å²) < 4.78 is 4.72. The summed E-state index contributed by atoms with van der Waals surface area (Å²) in [6.45, 7) is 1.52. The average molecular weight is 261 g/mol. The minimum atomic E-state index is -0.658. The molecule has 0 aliphatic rings. The number of hydrogen-bond acceptors (Lipinski definition) is 4. The van der Waals surface area contributed by atoms with Gasteiger partial charge in [-0.2, -0.15) is 0 Å². The van der Waals surface area contributed by atoms with Crippen molar-refractivity contribution >= 4 is 23.0 Å². The average Bonchev–Trinajstić information content (AvgIpc) is 1.98. The molecular formula is C5H12INO3. The van der Waals surface area contributed by atoms with Gasteiger partial charge in [0.05, 0.1) is 19.3 Å². The molecule has 0 aromatic rings. The number of hydrogen-bond donors (Lipinski definition) is 3. The molecule has 0 aromatic heterocycles. The van der Waals surface area contributed by atoms with Crippen LogP contribution in [0.15, 0.2) is 0 Å². The zero-order chi connectivity index (χ0) is 7.82. The van der Waals surface area contributed by atoms with Crippen LogP contribution >= 0.6 is 23.0 Å². The Morgan fingerprint density at radius 1 is 1.60 bits per heavy atom. The number of nitrogens with one attached hydrogen (secondary N) is 1. The van der Waals surface area contributed by atoms with Crippen LogP contribution in [0.5, 0.6) is 0 Å². The zero-order valence-corrected chi connectivity index (χ0v) is 7.74. The molecule has 0 fully saturated rings. The van der Waals surface area contributed by atoms with Gasteiger partial charge in [-0.25, -0.2) is 0 Å². The van der Waals surface area contributed by atoms with Crippen molar-refractivity contribution in [1.82, 2.24) is 5.32 Å². The molecule has 1 unspecified atom stereocenters. The van der Waals surface area contributed by atoms with Crippen molar-refractivity contribution in [2.75, 3.05) is 26.3 Å². The second-order valence-electron chi connectivity index (χ2n) is 1.85. The molecule has 0 radical (unpaired) electrons. The fraction of sp³-hybridized carbons (Fsp3) is 1.00. The standard InChI is InChI=1S/C5H12INO3/c6-10-2-1-7-3-5(9)4-8/h5,7-9H,1-4H2. The molecule has 0 aromatic carbocycles. The van der Waals surface area contributed by atoms with Gasteiger partial charge in [0.1, 0.15) is 23.0 Å². The fourth-order valence-corrected chi connectivity index (χ4v) is 0.664. The third-order valence-electron chi connectivity index (χ3n) is 0.947. The molecule has 5 heteroatoms. The van der Waals surface area contributed by atoms with Crippen molar-refractivity contribution in [3.8, 4) is 0 Å². The molecule has 0 aliphatic carbocycles. The van der Waals surface area contributed by atoms with Crippen molar-refractivity contribution in [2.24, 2.45) is 0 Å². The van der Waals surface area contributed by atoms with E-state index in [1.807, 2.05) is 0 Å². The Hall–Kier alpha value is 0.570. The van der Waals surface area contributed by atoms with Crippen LogP contribution in [0.3, 0.4) is 0 Å². The van der Waals surface area contributed by atoms with Crippen LogP contribution in [0.4, 0.5) is 0 Å². The molecular weight excluding hydrogens is 249 g/mol. The van der Waals surface area contributed by atoms with Gasteiger partial charge < -0.3 is 18.6 Å². The van der Waals surface area contributed by atoms with E-state index in [9.17, 15) is 0 Å². The largest absolute Gasteiger partial charge is 0.394 e. The summed E-state index contributed by atoms with van der Waals surface area (Å²) >= 11 is 1.80. The number of halogens is 1. The lowest BCUT2D eigenvalue weighted by molar-refractivity contribution is 0.0941. The summed E-state index contributed by atoms with van der Waals surface area (Å²) in [5.41, 5.74) is 0. The van der Waals surface area contributed by atoms with E-state index in [2.05, 4.69) is 5.32 Å². The summed E-state index contributed by atoms with van der Waals surface area (Å²) in [4.78, 5) is 0. The Bertz CT molecular complexity index is 73.9. The highest BCUT2D eigenvalue weighted by molar-refractivity contribution is 14.1. The van der Waals surface area contributed by atoms with E-state index in [1.54, 1.807) is 23.0 Å². The molecule has 62 valence electrons. The van der Waals surface area contributed by atoms with Crippen LogP contribution in [0.2, 0.25) is 0 Å². The highest BCUT2D eigenvalue weighted by Gasteiger charge is 1.98. The fourth-order valence-electron chi connectivity index (χ4n) is 0.444. The number of rotatable bonds is 6. The van der Waals surface area contributed by atoms with Gasteiger partial charge in [-0.15, -0.1) is 0 Å². The highest BCUT2D eigenvalue weighted by atomic mass is 127. The third kappa shape index (κ3) is 6.69. The predicted molar refractivity (Wildman–Crippen MR) is 45.9 cm³/mol. The number of aliphatic hydroxyl groups excluding tert-OH is 2. The van der Waals surface area contributed by atoms with Crippen molar-refractivity contribution in [3.05, 3.63) is 0 Å². The topological polar surface area (TPSA) is 61.7 Å². The van der Waals surface area contributed by atoms with E-state index in [-0.39, 0.29) is 6.61 Å². The smallest absolute Gasteiger partial charge is 0.109 e. The van der Waals surface area contributed by atoms with Crippen LogP contribution in [0, 0.1) is 0 Å². The highest BCUT2D eigenvalue weighted by Crippen LogP contribution is 1.82. The molecule has 0 bridgehead atoms. The first-order valence-corrected chi connectivity index (χ1v) is 3.92. The second-order valence-corrected chi connectivity index (χ2v) is 2.48. The van der Waals surface area contributed by atoms with E-state index >= 15 is 0 Å². The lowest BCUT2D eigenvalue weighted by Gasteiger charge is -2.06. The quantitative estimate of drug-likeness (QED) is 0.437. The lowest BCUT2D eigenvalue weighted by atomic mass is 10.4. The van der Waals surface area contributed by atoms with Gasteiger partial charge in [-0.1, -0.05) is 0 Å². The molecule has 4 nitrogen and oxygen atoms in total. The first-order chi connectivity index (χ1) is 4.81. The summed E-state index contributed by atoms with van der Waals surface area (Å²) in [5, 5.41) is 20.1.